The Morgan fingerprint density at radius 1 is 1.00 bits per heavy atom. The van der Waals surface area contributed by atoms with E-state index in [0.29, 0.717) is 11.8 Å². The maximum absolute atomic E-state index is 4.86. The zero-order chi connectivity index (χ0) is 11.7. The predicted molar refractivity (Wildman–Crippen MR) is 69.1 cm³/mol. The first-order chi connectivity index (χ1) is 7.59. The highest BCUT2D eigenvalue weighted by atomic mass is 14.7. The van der Waals surface area contributed by atoms with E-state index in [2.05, 4.69) is 33.8 Å². The quantitative estimate of drug-likeness (QED) is 0.723. The molecule has 0 amide bonds. The van der Waals surface area contributed by atoms with Gasteiger partial charge >= 0.3 is 0 Å². The van der Waals surface area contributed by atoms with Crippen molar-refractivity contribution in [3.63, 3.8) is 0 Å². The monoisotopic (exact) mass is 217 g/mol. The van der Waals surface area contributed by atoms with Gasteiger partial charge in [0, 0.05) is 11.4 Å². The van der Waals surface area contributed by atoms with Crippen molar-refractivity contribution in [1.29, 1.82) is 0 Å². The number of pyridine rings is 1. The molecule has 0 N–H and O–H groups in total. The number of rotatable bonds is 2. The lowest BCUT2D eigenvalue weighted by Crippen LogP contribution is -2.12. The van der Waals surface area contributed by atoms with E-state index in [-0.39, 0.29) is 0 Å². The van der Waals surface area contributed by atoms with E-state index in [4.69, 9.17) is 4.98 Å². The molecule has 1 aromatic heterocycles. The molecule has 0 unspecified atom stereocenters. The topological polar surface area (TPSA) is 12.9 Å². The minimum atomic E-state index is 0.546. The second kappa shape index (κ2) is 4.57. The summed E-state index contributed by atoms with van der Waals surface area (Å²) in [5.74, 6) is 1.18. The summed E-state index contributed by atoms with van der Waals surface area (Å²) < 4.78 is 0. The standard InChI is InChI=1S/C15H23N/c1-10(2)13-9-15(11(3)4)16-14-8-6-5-7-12(13)14/h9-11H,5-8H2,1-4H3. The molecule has 0 atom stereocenters. The number of hydrogen-bond donors (Lipinski definition) is 0. The molecule has 1 heterocycles. The highest BCUT2D eigenvalue weighted by Crippen LogP contribution is 2.30. The van der Waals surface area contributed by atoms with Crippen LogP contribution in [0.25, 0.3) is 0 Å². The number of aromatic nitrogens is 1. The molecule has 2 rings (SSSR count). The third kappa shape index (κ3) is 2.14. The summed E-state index contributed by atoms with van der Waals surface area (Å²) >= 11 is 0. The van der Waals surface area contributed by atoms with Gasteiger partial charge in [-0.15, -0.1) is 0 Å². The summed E-state index contributed by atoms with van der Waals surface area (Å²) in [6, 6.07) is 2.35. The van der Waals surface area contributed by atoms with Crippen molar-refractivity contribution in [2.75, 3.05) is 0 Å². The van der Waals surface area contributed by atoms with Gasteiger partial charge in [-0.25, -0.2) is 0 Å². The Hall–Kier alpha value is -0.850. The van der Waals surface area contributed by atoms with Crippen LogP contribution in [0.1, 0.15) is 74.9 Å². The van der Waals surface area contributed by atoms with Crippen molar-refractivity contribution in [2.45, 2.75) is 65.2 Å². The highest BCUT2D eigenvalue weighted by molar-refractivity contribution is 5.37. The molecule has 16 heavy (non-hydrogen) atoms. The normalized spacial score (nSPS) is 15.6. The summed E-state index contributed by atoms with van der Waals surface area (Å²) in [5, 5.41) is 0. The van der Waals surface area contributed by atoms with Gasteiger partial charge in [0.1, 0.15) is 0 Å². The Bertz CT molecular complexity index is 377. The van der Waals surface area contributed by atoms with Crippen molar-refractivity contribution < 1.29 is 0 Å². The van der Waals surface area contributed by atoms with Gasteiger partial charge in [0.15, 0.2) is 0 Å². The maximum atomic E-state index is 4.86. The molecule has 0 saturated carbocycles. The van der Waals surface area contributed by atoms with Crippen LogP contribution in [0.15, 0.2) is 6.07 Å². The summed E-state index contributed by atoms with van der Waals surface area (Å²) in [7, 11) is 0. The second-order valence-electron chi connectivity index (χ2n) is 5.58. The minimum absolute atomic E-state index is 0.546. The predicted octanol–water partition coefficient (Wildman–Crippen LogP) is 4.21. The first-order valence-electron chi connectivity index (χ1n) is 6.62. The molecule has 1 aromatic rings. The summed E-state index contributed by atoms with van der Waals surface area (Å²) in [4.78, 5) is 4.86. The SMILES string of the molecule is CC(C)c1cc(C(C)C)c2c(n1)CCCC2. The van der Waals surface area contributed by atoms with Crippen LogP contribution in [0.3, 0.4) is 0 Å². The average Bonchev–Trinajstić information content (AvgIpc) is 2.27. The first-order valence-corrected chi connectivity index (χ1v) is 6.62. The molecule has 0 bridgehead atoms. The van der Waals surface area contributed by atoms with Gasteiger partial charge < -0.3 is 0 Å². The van der Waals surface area contributed by atoms with E-state index in [9.17, 15) is 0 Å². The average molecular weight is 217 g/mol. The first kappa shape index (κ1) is 11.6. The smallest absolute Gasteiger partial charge is 0.0441 e. The molecule has 0 fully saturated rings. The minimum Gasteiger partial charge on any atom is -0.257 e. The van der Waals surface area contributed by atoms with Crippen molar-refractivity contribution in [1.82, 2.24) is 4.98 Å². The lowest BCUT2D eigenvalue weighted by atomic mass is 9.86. The second-order valence-corrected chi connectivity index (χ2v) is 5.58. The Balaban J connectivity index is 2.52. The van der Waals surface area contributed by atoms with Crippen LogP contribution in [-0.4, -0.2) is 4.98 Å². The molecule has 1 aliphatic carbocycles. The fourth-order valence-electron chi connectivity index (χ4n) is 2.57. The third-order valence-electron chi connectivity index (χ3n) is 3.57. The lowest BCUT2D eigenvalue weighted by molar-refractivity contribution is 0.641. The van der Waals surface area contributed by atoms with Crippen LogP contribution in [0.4, 0.5) is 0 Å². The van der Waals surface area contributed by atoms with Crippen LogP contribution in [0, 0.1) is 0 Å². The van der Waals surface area contributed by atoms with Gasteiger partial charge in [-0.2, -0.15) is 0 Å². The number of aryl methyl sites for hydroxylation is 1. The van der Waals surface area contributed by atoms with Gasteiger partial charge in [-0.3, -0.25) is 4.98 Å². The zero-order valence-electron chi connectivity index (χ0n) is 11.0. The number of nitrogens with zero attached hydrogens (tertiary/aromatic N) is 1. The fraction of sp³-hybridized carbons (Fsp3) is 0.667. The Morgan fingerprint density at radius 2 is 1.69 bits per heavy atom. The van der Waals surface area contributed by atoms with Gasteiger partial charge in [0.2, 0.25) is 0 Å². The van der Waals surface area contributed by atoms with Crippen LogP contribution in [0.2, 0.25) is 0 Å². The van der Waals surface area contributed by atoms with E-state index in [0.717, 1.165) is 0 Å². The summed E-state index contributed by atoms with van der Waals surface area (Å²) in [6.07, 6.45) is 5.10. The summed E-state index contributed by atoms with van der Waals surface area (Å²) in [5.41, 5.74) is 5.78. The summed E-state index contributed by atoms with van der Waals surface area (Å²) in [6.45, 7) is 9.08. The highest BCUT2D eigenvalue weighted by Gasteiger charge is 2.18. The third-order valence-corrected chi connectivity index (χ3v) is 3.57. The van der Waals surface area contributed by atoms with Crippen molar-refractivity contribution in [2.24, 2.45) is 0 Å². The zero-order valence-corrected chi connectivity index (χ0v) is 11.0. The van der Waals surface area contributed by atoms with E-state index >= 15 is 0 Å². The molecular weight excluding hydrogens is 194 g/mol. The van der Waals surface area contributed by atoms with Crippen molar-refractivity contribution >= 4 is 0 Å². The van der Waals surface area contributed by atoms with Crippen LogP contribution in [-0.2, 0) is 12.8 Å². The van der Waals surface area contributed by atoms with Gasteiger partial charge in [-0.05, 0) is 54.7 Å². The molecule has 0 aromatic carbocycles. The fourth-order valence-corrected chi connectivity index (χ4v) is 2.57. The van der Waals surface area contributed by atoms with E-state index in [1.165, 1.54) is 37.1 Å². The van der Waals surface area contributed by atoms with E-state index in [1.54, 1.807) is 11.1 Å². The molecule has 0 spiro atoms. The Labute approximate surface area is 99.3 Å². The Kier molecular flexibility index (Phi) is 3.32. The van der Waals surface area contributed by atoms with Crippen LogP contribution < -0.4 is 0 Å². The molecule has 1 nitrogen and oxygen atoms in total. The molecule has 88 valence electrons. The molecule has 1 heteroatoms. The van der Waals surface area contributed by atoms with E-state index < -0.39 is 0 Å². The van der Waals surface area contributed by atoms with Gasteiger partial charge in [-0.1, -0.05) is 27.7 Å². The molecule has 0 aliphatic heterocycles. The van der Waals surface area contributed by atoms with Gasteiger partial charge in [0.05, 0.1) is 0 Å². The maximum Gasteiger partial charge on any atom is 0.0441 e. The van der Waals surface area contributed by atoms with Gasteiger partial charge in [0.25, 0.3) is 0 Å². The van der Waals surface area contributed by atoms with Crippen LogP contribution in [0.5, 0.6) is 0 Å². The molecule has 1 aliphatic rings. The number of hydrogen-bond acceptors (Lipinski definition) is 1. The van der Waals surface area contributed by atoms with Crippen molar-refractivity contribution in [3.8, 4) is 0 Å². The molecule has 0 saturated heterocycles. The number of fused-ring (bicyclic) bond motifs is 1. The molecular formula is C15H23N. The van der Waals surface area contributed by atoms with Crippen LogP contribution >= 0.6 is 0 Å². The molecule has 0 radical (unpaired) electrons. The lowest BCUT2D eigenvalue weighted by Gasteiger charge is -2.22. The van der Waals surface area contributed by atoms with E-state index in [1.807, 2.05) is 0 Å². The largest absolute Gasteiger partial charge is 0.257 e. The van der Waals surface area contributed by atoms with Crippen molar-refractivity contribution in [3.05, 3.63) is 28.6 Å². The Morgan fingerprint density at radius 3 is 2.31 bits per heavy atom.